The topological polar surface area (TPSA) is 66.4 Å². The minimum absolute atomic E-state index is 0.0206. The van der Waals surface area contributed by atoms with E-state index in [2.05, 4.69) is 11.0 Å². The Balaban J connectivity index is 2.12. The van der Waals surface area contributed by atoms with Crippen molar-refractivity contribution in [2.45, 2.75) is 54.9 Å². The molecule has 2 rings (SSSR count). The summed E-state index contributed by atoms with van der Waals surface area (Å²) >= 11 is 1.80. The van der Waals surface area contributed by atoms with Crippen molar-refractivity contribution in [2.75, 3.05) is 6.26 Å². The van der Waals surface area contributed by atoms with Gasteiger partial charge < -0.3 is 5.11 Å². The fraction of sp³-hybridized carbons (Fsp3) is 0.600. The fourth-order valence-electron chi connectivity index (χ4n) is 2.67. The highest BCUT2D eigenvalue weighted by Crippen LogP contribution is 2.29. The summed E-state index contributed by atoms with van der Waals surface area (Å²) in [6.07, 6.45) is 4.85. The second-order valence-electron chi connectivity index (χ2n) is 5.49. The summed E-state index contributed by atoms with van der Waals surface area (Å²) < 4.78 is 27.7. The van der Waals surface area contributed by atoms with E-state index in [0.717, 1.165) is 19.3 Å². The van der Waals surface area contributed by atoms with Crippen LogP contribution in [0.1, 0.15) is 44.3 Å². The standard InChI is InChI=1S/C15H23NO3S2/c1-3-15(17)11-5-4-6-14(9-11)21(18,19)16-12-7-8-13(10-12)20-2/h4-6,9,12-13,15-17H,3,7-8,10H2,1-2H3. The zero-order valence-electron chi connectivity index (χ0n) is 12.5. The number of sulfonamides is 1. The van der Waals surface area contributed by atoms with Crippen LogP contribution < -0.4 is 4.72 Å². The molecule has 118 valence electrons. The molecule has 6 heteroatoms. The molecule has 21 heavy (non-hydrogen) atoms. The molecule has 0 saturated heterocycles. The third-order valence-electron chi connectivity index (χ3n) is 3.98. The molecule has 1 aromatic carbocycles. The van der Waals surface area contributed by atoms with Crippen molar-refractivity contribution >= 4 is 21.8 Å². The molecule has 1 aromatic rings. The Hall–Kier alpha value is -0.560. The van der Waals surface area contributed by atoms with Crippen LogP contribution in [-0.2, 0) is 10.0 Å². The van der Waals surface area contributed by atoms with Crippen LogP contribution in [0.15, 0.2) is 29.2 Å². The highest BCUT2D eigenvalue weighted by Gasteiger charge is 2.28. The van der Waals surface area contributed by atoms with Crippen molar-refractivity contribution in [1.29, 1.82) is 0 Å². The molecule has 0 amide bonds. The molecule has 0 aromatic heterocycles. The summed E-state index contributed by atoms with van der Waals surface area (Å²) in [6, 6.07) is 6.61. The lowest BCUT2D eigenvalue weighted by Gasteiger charge is -2.15. The van der Waals surface area contributed by atoms with Gasteiger partial charge in [-0.2, -0.15) is 11.8 Å². The van der Waals surface area contributed by atoms with Crippen molar-refractivity contribution < 1.29 is 13.5 Å². The summed E-state index contributed by atoms with van der Waals surface area (Å²) in [5.41, 5.74) is 0.647. The molecule has 1 saturated carbocycles. The van der Waals surface area contributed by atoms with Gasteiger partial charge in [0.25, 0.3) is 0 Å². The van der Waals surface area contributed by atoms with E-state index < -0.39 is 16.1 Å². The Morgan fingerprint density at radius 1 is 1.43 bits per heavy atom. The van der Waals surface area contributed by atoms with Gasteiger partial charge in [-0.05, 0) is 49.6 Å². The minimum atomic E-state index is -3.51. The number of aliphatic hydroxyl groups is 1. The Bertz CT molecular complexity index is 574. The number of rotatable bonds is 6. The molecule has 2 N–H and O–H groups in total. The van der Waals surface area contributed by atoms with Gasteiger partial charge in [-0.15, -0.1) is 0 Å². The molecule has 0 radical (unpaired) electrons. The van der Waals surface area contributed by atoms with E-state index in [1.54, 1.807) is 36.0 Å². The maximum atomic E-state index is 12.4. The molecule has 3 unspecified atom stereocenters. The van der Waals surface area contributed by atoms with E-state index in [1.807, 2.05) is 6.92 Å². The van der Waals surface area contributed by atoms with Gasteiger partial charge >= 0.3 is 0 Å². The van der Waals surface area contributed by atoms with E-state index in [1.165, 1.54) is 0 Å². The Morgan fingerprint density at radius 3 is 2.81 bits per heavy atom. The number of benzene rings is 1. The normalized spacial score (nSPS) is 24.1. The van der Waals surface area contributed by atoms with Gasteiger partial charge in [0.2, 0.25) is 10.0 Å². The first kappa shape index (κ1) is 16.8. The molecule has 1 aliphatic carbocycles. The van der Waals surface area contributed by atoms with Gasteiger partial charge in [-0.1, -0.05) is 19.1 Å². The van der Waals surface area contributed by atoms with Crippen LogP contribution >= 0.6 is 11.8 Å². The van der Waals surface area contributed by atoms with Gasteiger partial charge in [0.05, 0.1) is 11.0 Å². The number of hydrogen-bond acceptors (Lipinski definition) is 4. The molecule has 0 spiro atoms. The maximum absolute atomic E-state index is 12.4. The molecule has 0 heterocycles. The number of hydrogen-bond donors (Lipinski definition) is 2. The highest BCUT2D eigenvalue weighted by molar-refractivity contribution is 7.99. The highest BCUT2D eigenvalue weighted by atomic mass is 32.2. The summed E-state index contributed by atoms with van der Waals surface area (Å²) in [6.45, 7) is 1.87. The Morgan fingerprint density at radius 2 is 2.19 bits per heavy atom. The van der Waals surface area contributed by atoms with Crippen LogP contribution in [0.2, 0.25) is 0 Å². The predicted octanol–water partition coefficient (Wildman–Crippen LogP) is 2.69. The van der Waals surface area contributed by atoms with Gasteiger partial charge in [-0.3, -0.25) is 0 Å². The summed E-state index contributed by atoms with van der Waals surface area (Å²) in [5, 5.41) is 10.4. The summed E-state index contributed by atoms with van der Waals surface area (Å²) in [5.74, 6) is 0. The maximum Gasteiger partial charge on any atom is 0.240 e. The molecular weight excluding hydrogens is 306 g/mol. The van der Waals surface area contributed by atoms with Crippen LogP contribution in [0.25, 0.3) is 0 Å². The average Bonchev–Trinajstić information content (AvgIpc) is 2.93. The molecule has 0 bridgehead atoms. The molecule has 1 fully saturated rings. The lowest BCUT2D eigenvalue weighted by Crippen LogP contribution is -2.33. The second kappa shape index (κ2) is 7.13. The molecule has 4 nitrogen and oxygen atoms in total. The van der Waals surface area contributed by atoms with Crippen molar-refractivity contribution in [1.82, 2.24) is 4.72 Å². The summed E-state index contributed by atoms with van der Waals surface area (Å²) in [7, 11) is -3.51. The van der Waals surface area contributed by atoms with Crippen LogP contribution in [0, 0.1) is 0 Å². The molecule has 1 aliphatic rings. The van der Waals surface area contributed by atoms with Gasteiger partial charge in [0, 0.05) is 11.3 Å². The first-order valence-electron chi connectivity index (χ1n) is 7.29. The third kappa shape index (κ3) is 4.22. The largest absolute Gasteiger partial charge is 0.388 e. The van der Waals surface area contributed by atoms with Crippen LogP contribution in [0.3, 0.4) is 0 Å². The van der Waals surface area contributed by atoms with Crippen molar-refractivity contribution in [3.8, 4) is 0 Å². The zero-order valence-corrected chi connectivity index (χ0v) is 14.1. The first-order valence-corrected chi connectivity index (χ1v) is 10.1. The Kier molecular flexibility index (Phi) is 5.71. The average molecular weight is 329 g/mol. The predicted molar refractivity (Wildman–Crippen MR) is 87.0 cm³/mol. The van der Waals surface area contributed by atoms with Crippen LogP contribution in [-0.4, -0.2) is 31.1 Å². The van der Waals surface area contributed by atoms with Gasteiger partial charge in [0.1, 0.15) is 0 Å². The third-order valence-corrected chi connectivity index (χ3v) is 6.59. The van der Waals surface area contributed by atoms with Crippen molar-refractivity contribution in [3.63, 3.8) is 0 Å². The number of thioether (sulfide) groups is 1. The van der Waals surface area contributed by atoms with Crippen LogP contribution in [0.5, 0.6) is 0 Å². The smallest absolute Gasteiger partial charge is 0.240 e. The van der Waals surface area contributed by atoms with E-state index >= 15 is 0 Å². The van der Waals surface area contributed by atoms with E-state index in [-0.39, 0.29) is 10.9 Å². The fourth-order valence-corrected chi connectivity index (χ4v) is 4.81. The monoisotopic (exact) mass is 329 g/mol. The molecular formula is C15H23NO3S2. The SMILES string of the molecule is CCC(O)c1cccc(S(=O)(=O)NC2CCC(SC)C2)c1. The van der Waals surface area contributed by atoms with E-state index in [4.69, 9.17) is 0 Å². The zero-order chi connectivity index (χ0) is 15.5. The number of aliphatic hydroxyl groups excluding tert-OH is 1. The quantitative estimate of drug-likeness (QED) is 0.842. The second-order valence-corrected chi connectivity index (χ2v) is 8.34. The molecule has 3 atom stereocenters. The van der Waals surface area contributed by atoms with Gasteiger partial charge in [-0.25, -0.2) is 13.1 Å². The van der Waals surface area contributed by atoms with E-state index in [0.29, 0.717) is 17.2 Å². The Labute approximate surface area is 131 Å². The first-order chi connectivity index (χ1) is 9.96. The molecule has 0 aliphatic heterocycles. The number of nitrogens with one attached hydrogen (secondary N) is 1. The summed E-state index contributed by atoms with van der Waals surface area (Å²) in [4.78, 5) is 0.236. The lowest BCUT2D eigenvalue weighted by atomic mass is 10.1. The van der Waals surface area contributed by atoms with E-state index in [9.17, 15) is 13.5 Å². The lowest BCUT2D eigenvalue weighted by molar-refractivity contribution is 0.173. The van der Waals surface area contributed by atoms with Crippen molar-refractivity contribution in [3.05, 3.63) is 29.8 Å². The van der Waals surface area contributed by atoms with Crippen molar-refractivity contribution in [2.24, 2.45) is 0 Å². The van der Waals surface area contributed by atoms with Gasteiger partial charge in [0.15, 0.2) is 0 Å². The minimum Gasteiger partial charge on any atom is -0.388 e. The van der Waals surface area contributed by atoms with Crippen LogP contribution in [0.4, 0.5) is 0 Å².